The minimum atomic E-state index is -0.550. The lowest BCUT2D eigenvalue weighted by molar-refractivity contribution is 0.153. The highest BCUT2D eigenvalue weighted by atomic mass is 16.5. The molecule has 0 saturated carbocycles. The molecule has 0 unspecified atom stereocenters. The second kappa shape index (κ2) is 4.02. The fourth-order valence-electron chi connectivity index (χ4n) is 1.12. The summed E-state index contributed by atoms with van der Waals surface area (Å²) in [5, 5.41) is 0. The van der Waals surface area contributed by atoms with Crippen molar-refractivity contribution in [3.8, 4) is 0 Å². The predicted molar refractivity (Wildman–Crippen MR) is 46.6 cm³/mol. The van der Waals surface area contributed by atoms with Crippen LogP contribution in [-0.4, -0.2) is 13.4 Å². The van der Waals surface area contributed by atoms with Gasteiger partial charge in [0, 0.05) is 7.11 Å². The average molecular weight is 163 g/mol. The lowest BCUT2D eigenvalue weighted by Gasteiger charge is -2.09. The van der Waals surface area contributed by atoms with Gasteiger partial charge in [-0.15, -0.1) is 0 Å². The molecule has 12 heavy (non-hydrogen) atoms. The zero-order valence-electron chi connectivity index (χ0n) is 7.20. The fraction of sp³-hybridized carbons (Fsp3) is 0.300. The van der Waals surface area contributed by atoms with Gasteiger partial charge in [-0.2, -0.15) is 0 Å². The van der Waals surface area contributed by atoms with Crippen molar-refractivity contribution in [1.29, 1.82) is 0 Å². The first-order valence-corrected chi connectivity index (χ1v) is 3.75. The molecular formula is C10H11O2. The zero-order valence-corrected chi connectivity index (χ0v) is 7.20. The number of carbonyl (C=O) groups excluding carboxylic acids is 1. The van der Waals surface area contributed by atoms with E-state index in [1.165, 1.54) is 7.11 Å². The van der Waals surface area contributed by atoms with E-state index < -0.39 is 6.10 Å². The summed E-state index contributed by atoms with van der Waals surface area (Å²) < 4.78 is 4.94. The molecule has 1 radical (unpaired) electrons. The minimum absolute atomic E-state index is 0.550. The Bertz CT molecular complexity index is 268. The largest absolute Gasteiger partial charge is 0.368 e. The maximum absolute atomic E-state index is 10.4. The van der Waals surface area contributed by atoms with Crippen LogP contribution in [0.1, 0.15) is 17.2 Å². The number of ether oxygens (including phenoxy) is 1. The van der Waals surface area contributed by atoms with Crippen LogP contribution < -0.4 is 0 Å². The molecule has 1 aromatic carbocycles. The molecule has 2 heteroatoms. The number of hydrogen-bond donors (Lipinski definition) is 0. The zero-order chi connectivity index (χ0) is 8.97. The van der Waals surface area contributed by atoms with Crippen LogP contribution in [-0.2, 0) is 9.53 Å². The monoisotopic (exact) mass is 163 g/mol. The van der Waals surface area contributed by atoms with E-state index in [4.69, 9.17) is 4.74 Å². The SMILES string of the molecule is CO[C@@H]([C]=O)c1ccccc1C. The smallest absolute Gasteiger partial charge is 0.234 e. The molecule has 0 aliphatic heterocycles. The van der Waals surface area contributed by atoms with Crippen molar-refractivity contribution in [2.45, 2.75) is 13.0 Å². The second-order valence-electron chi connectivity index (χ2n) is 2.59. The molecule has 0 fully saturated rings. The predicted octanol–water partition coefficient (Wildman–Crippen LogP) is 1.79. The highest BCUT2D eigenvalue weighted by Crippen LogP contribution is 2.17. The van der Waals surface area contributed by atoms with Gasteiger partial charge in [0.2, 0.25) is 6.29 Å². The van der Waals surface area contributed by atoms with Crippen molar-refractivity contribution in [3.63, 3.8) is 0 Å². The summed E-state index contributed by atoms with van der Waals surface area (Å²) in [6.45, 7) is 1.94. The van der Waals surface area contributed by atoms with Crippen molar-refractivity contribution in [2.24, 2.45) is 0 Å². The van der Waals surface area contributed by atoms with Crippen molar-refractivity contribution in [1.82, 2.24) is 0 Å². The third kappa shape index (κ3) is 1.71. The second-order valence-corrected chi connectivity index (χ2v) is 2.59. The first kappa shape index (κ1) is 8.94. The summed E-state index contributed by atoms with van der Waals surface area (Å²) in [5.74, 6) is 0. The molecule has 0 aliphatic rings. The summed E-state index contributed by atoms with van der Waals surface area (Å²) in [4.78, 5) is 10.4. The Morgan fingerprint density at radius 3 is 2.58 bits per heavy atom. The van der Waals surface area contributed by atoms with Gasteiger partial charge in [0.1, 0.15) is 6.10 Å². The lowest BCUT2D eigenvalue weighted by atomic mass is 10.0. The van der Waals surface area contributed by atoms with Crippen molar-refractivity contribution >= 4 is 6.29 Å². The number of hydrogen-bond acceptors (Lipinski definition) is 2. The summed E-state index contributed by atoms with van der Waals surface area (Å²) in [7, 11) is 1.50. The Hall–Kier alpha value is -1.15. The lowest BCUT2D eigenvalue weighted by Crippen LogP contribution is -2.03. The maximum Gasteiger partial charge on any atom is 0.234 e. The van der Waals surface area contributed by atoms with Gasteiger partial charge in [0.05, 0.1) is 0 Å². The molecule has 0 bridgehead atoms. The first-order valence-electron chi connectivity index (χ1n) is 3.75. The van der Waals surface area contributed by atoms with Gasteiger partial charge in [0.25, 0.3) is 0 Å². The Balaban J connectivity index is 3.00. The highest BCUT2D eigenvalue weighted by Gasteiger charge is 2.11. The van der Waals surface area contributed by atoms with Crippen LogP contribution in [0.15, 0.2) is 24.3 Å². The van der Waals surface area contributed by atoms with Crippen LogP contribution in [0.5, 0.6) is 0 Å². The maximum atomic E-state index is 10.4. The van der Waals surface area contributed by atoms with Crippen LogP contribution in [0, 0.1) is 6.92 Å². The summed E-state index contributed by atoms with van der Waals surface area (Å²) >= 11 is 0. The number of aryl methyl sites for hydroxylation is 1. The Labute approximate surface area is 72.2 Å². The van der Waals surface area contributed by atoms with Gasteiger partial charge in [-0.1, -0.05) is 24.3 Å². The third-order valence-corrected chi connectivity index (χ3v) is 1.81. The molecule has 0 aliphatic carbocycles. The van der Waals surface area contributed by atoms with Gasteiger partial charge in [-0.25, -0.2) is 0 Å². The van der Waals surface area contributed by atoms with Gasteiger partial charge in [-0.3, -0.25) is 4.79 Å². The molecule has 1 rings (SSSR count). The Kier molecular flexibility index (Phi) is 3.00. The molecular weight excluding hydrogens is 152 g/mol. The van der Waals surface area contributed by atoms with Crippen LogP contribution in [0.3, 0.4) is 0 Å². The summed E-state index contributed by atoms with van der Waals surface area (Å²) in [6.07, 6.45) is 1.29. The third-order valence-electron chi connectivity index (χ3n) is 1.81. The minimum Gasteiger partial charge on any atom is -0.368 e. The van der Waals surface area contributed by atoms with E-state index in [0.717, 1.165) is 11.1 Å². The Morgan fingerprint density at radius 2 is 2.08 bits per heavy atom. The number of methoxy groups -OCH3 is 1. The van der Waals surface area contributed by atoms with Crippen molar-refractivity contribution in [2.75, 3.05) is 7.11 Å². The quantitative estimate of drug-likeness (QED) is 0.679. The summed E-state index contributed by atoms with van der Waals surface area (Å²) in [6, 6.07) is 7.62. The highest BCUT2D eigenvalue weighted by molar-refractivity contribution is 5.61. The average Bonchev–Trinajstić information content (AvgIpc) is 2.10. The molecule has 0 heterocycles. The topological polar surface area (TPSA) is 26.3 Å². The van der Waals surface area contributed by atoms with E-state index in [1.54, 1.807) is 0 Å². The van der Waals surface area contributed by atoms with Crippen LogP contribution in [0.25, 0.3) is 0 Å². The van der Waals surface area contributed by atoms with E-state index in [-0.39, 0.29) is 0 Å². The van der Waals surface area contributed by atoms with Crippen molar-refractivity contribution < 1.29 is 9.53 Å². The number of benzene rings is 1. The number of rotatable bonds is 3. The van der Waals surface area contributed by atoms with Crippen molar-refractivity contribution in [3.05, 3.63) is 35.4 Å². The molecule has 0 spiro atoms. The van der Waals surface area contributed by atoms with Gasteiger partial charge < -0.3 is 4.74 Å². The van der Waals surface area contributed by atoms with Gasteiger partial charge in [0.15, 0.2) is 0 Å². The standard InChI is InChI=1S/C10H11O2/c1-8-5-3-4-6-9(8)10(7-11)12-2/h3-6,10H,1-2H3/t10-/m0/s1. The molecule has 0 aromatic heterocycles. The molecule has 2 nitrogen and oxygen atoms in total. The first-order chi connectivity index (χ1) is 5.79. The molecule has 1 aromatic rings. The van der Waals surface area contributed by atoms with Crippen LogP contribution >= 0.6 is 0 Å². The van der Waals surface area contributed by atoms with E-state index in [0.29, 0.717) is 0 Å². The van der Waals surface area contributed by atoms with Crippen LogP contribution in [0.2, 0.25) is 0 Å². The molecule has 0 N–H and O–H groups in total. The molecule has 0 saturated heterocycles. The fourth-order valence-corrected chi connectivity index (χ4v) is 1.12. The molecule has 63 valence electrons. The van der Waals surface area contributed by atoms with Crippen LogP contribution in [0.4, 0.5) is 0 Å². The van der Waals surface area contributed by atoms with E-state index in [1.807, 2.05) is 37.5 Å². The van der Waals surface area contributed by atoms with Gasteiger partial charge >= 0.3 is 0 Å². The summed E-state index contributed by atoms with van der Waals surface area (Å²) in [5.41, 5.74) is 1.93. The van der Waals surface area contributed by atoms with E-state index >= 15 is 0 Å². The van der Waals surface area contributed by atoms with E-state index in [9.17, 15) is 4.79 Å². The molecule has 1 atom stereocenters. The molecule has 0 amide bonds. The van der Waals surface area contributed by atoms with Gasteiger partial charge in [-0.05, 0) is 18.1 Å². The Morgan fingerprint density at radius 1 is 1.42 bits per heavy atom. The van der Waals surface area contributed by atoms with E-state index in [2.05, 4.69) is 0 Å². The normalized spacial score (nSPS) is 12.5.